The fraction of sp³-hybridized carbons (Fsp3) is 0.579. The summed E-state index contributed by atoms with van der Waals surface area (Å²) in [6.07, 6.45) is 3.19. The smallest absolute Gasteiger partial charge is 0.255 e. The molecule has 2 amide bonds. The minimum absolute atomic E-state index is 0.0577. The zero-order valence-electron chi connectivity index (χ0n) is 15.3. The Morgan fingerprint density at radius 2 is 1.96 bits per heavy atom. The molecule has 25 heavy (non-hydrogen) atoms. The van der Waals surface area contributed by atoms with Crippen molar-refractivity contribution in [1.82, 2.24) is 10.2 Å². The van der Waals surface area contributed by atoms with Crippen molar-refractivity contribution in [3.8, 4) is 0 Å². The monoisotopic (exact) mass is 365 g/mol. The van der Waals surface area contributed by atoms with Gasteiger partial charge in [-0.2, -0.15) is 0 Å². The second-order valence-electron chi connectivity index (χ2n) is 6.97. The average molecular weight is 366 g/mol. The van der Waals surface area contributed by atoms with Gasteiger partial charge in [-0.1, -0.05) is 25.4 Å². The second-order valence-corrected chi connectivity index (χ2v) is 7.37. The van der Waals surface area contributed by atoms with Crippen LogP contribution in [-0.2, 0) is 4.79 Å². The Balaban J connectivity index is 2.03. The molecular formula is C19H28ClN3O2. The van der Waals surface area contributed by atoms with Gasteiger partial charge in [0.2, 0.25) is 5.91 Å². The van der Waals surface area contributed by atoms with Crippen molar-refractivity contribution in [1.29, 1.82) is 0 Å². The molecule has 2 rings (SSSR count). The molecule has 0 radical (unpaired) electrons. The predicted molar refractivity (Wildman–Crippen MR) is 102 cm³/mol. The van der Waals surface area contributed by atoms with Gasteiger partial charge in [-0.05, 0) is 57.0 Å². The highest BCUT2D eigenvalue weighted by Crippen LogP contribution is 2.26. The molecule has 0 unspecified atom stereocenters. The SMILES string of the molecule is CNCCC1CCN(C(=O)c2cc(NC(=O)C(C)C)ccc2Cl)CC1. The first-order valence-electron chi connectivity index (χ1n) is 8.96. The van der Waals surface area contributed by atoms with Crippen molar-refractivity contribution in [2.45, 2.75) is 33.1 Å². The van der Waals surface area contributed by atoms with E-state index in [4.69, 9.17) is 11.6 Å². The van der Waals surface area contributed by atoms with Gasteiger partial charge in [0.25, 0.3) is 5.91 Å². The molecule has 1 aliphatic heterocycles. The van der Waals surface area contributed by atoms with Gasteiger partial charge in [0.1, 0.15) is 0 Å². The highest BCUT2D eigenvalue weighted by molar-refractivity contribution is 6.34. The number of amides is 2. The number of nitrogens with zero attached hydrogens (tertiary/aromatic N) is 1. The van der Waals surface area contributed by atoms with Crippen molar-refractivity contribution in [2.24, 2.45) is 11.8 Å². The number of piperidine rings is 1. The summed E-state index contributed by atoms with van der Waals surface area (Å²) in [4.78, 5) is 26.6. The number of carbonyl (C=O) groups excluding carboxylic acids is 2. The molecule has 1 heterocycles. The highest BCUT2D eigenvalue weighted by atomic mass is 35.5. The molecule has 0 saturated carbocycles. The van der Waals surface area contributed by atoms with Crippen molar-refractivity contribution in [3.05, 3.63) is 28.8 Å². The summed E-state index contributed by atoms with van der Waals surface area (Å²) in [7, 11) is 1.96. The summed E-state index contributed by atoms with van der Waals surface area (Å²) in [5.74, 6) is 0.416. The van der Waals surface area contributed by atoms with E-state index in [1.807, 2.05) is 25.8 Å². The van der Waals surface area contributed by atoms with Gasteiger partial charge in [-0.3, -0.25) is 9.59 Å². The first-order valence-corrected chi connectivity index (χ1v) is 9.34. The van der Waals surface area contributed by atoms with Crippen molar-refractivity contribution < 1.29 is 9.59 Å². The van der Waals surface area contributed by atoms with Gasteiger partial charge < -0.3 is 15.5 Å². The summed E-state index contributed by atoms with van der Waals surface area (Å²) < 4.78 is 0. The molecule has 0 aliphatic carbocycles. The fourth-order valence-electron chi connectivity index (χ4n) is 3.00. The Kier molecular flexibility index (Phi) is 7.26. The highest BCUT2D eigenvalue weighted by Gasteiger charge is 2.25. The lowest BCUT2D eigenvalue weighted by molar-refractivity contribution is -0.118. The van der Waals surface area contributed by atoms with Crippen molar-refractivity contribution in [2.75, 3.05) is 32.0 Å². The van der Waals surface area contributed by atoms with Gasteiger partial charge >= 0.3 is 0 Å². The number of likely N-dealkylation sites (tertiary alicyclic amines) is 1. The van der Waals surface area contributed by atoms with Crippen molar-refractivity contribution in [3.63, 3.8) is 0 Å². The number of carbonyl (C=O) groups is 2. The van der Waals surface area contributed by atoms with Crippen LogP contribution >= 0.6 is 11.6 Å². The first-order chi connectivity index (χ1) is 11.9. The molecule has 1 aliphatic rings. The Hall–Kier alpha value is -1.59. The lowest BCUT2D eigenvalue weighted by Crippen LogP contribution is -2.39. The number of nitrogens with one attached hydrogen (secondary N) is 2. The number of hydrogen-bond acceptors (Lipinski definition) is 3. The molecule has 138 valence electrons. The molecule has 5 nitrogen and oxygen atoms in total. The second kappa shape index (κ2) is 9.20. The quantitative estimate of drug-likeness (QED) is 0.812. The Morgan fingerprint density at radius 1 is 1.28 bits per heavy atom. The standard InChI is InChI=1S/C19H28ClN3O2/c1-13(2)18(24)22-15-4-5-17(20)16(12-15)19(25)23-10-7-14(8-11-23)6-9-21-3/h4-5,12-14,21H,6-11H2,1-3H3,(H,22,24). The van der Waals surface area contributed by atoms with E-state index in [0.29, 0.717) is 22.2 Å². The third-order valence-corrected chi connectivity index (χ3v) is 5.02. The molecule has 0 atom stereocenters. The van der Waals surface area contributed by atoms with E-state index >= 15 is 0 Å². The zero-order valence-corrected chi connectivity index (χ0v) is 16.0. The Labute approximate surface area is 155 Å². The van der Waals surface area contributed by atoms with Crippen LogP contribution in [0.25, 0.3) is 0 Å². The first kappa shape index (κ1) is 19.7. The molecular weight excluding hydrogens is 338 g/mol. The minimum atomic E-state index is -0.119. The van der Waals surface area contributed by atoms with Crippen LogP contribution in [0.15, 0.2) is 18.2 Å². The molecule has 1 saturated heterocycles. The van der Waals surface area contributed by atoms with Crippen LogP contribution in [0.4, 0.5) is 5.69 Å². The summed E-state index contributed by atoms with van der Waals surface area (Å²) in [5, 5.41) is 6.42. The van der Waals surface area contributed by atoms with Gasteiger partial charge in [0, 0.05) is 24.7 Å². The molecule has 6 heteroatoms. The molecule has 1 aromatic rings. The lowest BCUT2D eigenvalue weighted by atomic mass is 9.93. The number of hydrogen-bond donors (Lipinski definition) is 2. The summed E-state index contributed by atoms with van der Waals surface area (Å²) in [5.41, 5.74) is 1.06. The van der Waals surface area contributed by atoms with Gasteiger partial charge in [0.05, 0.1) is 10.6 Å². The lowest BCUT2D eigenvalue weighted by Gasteiger charge is -2.32. The van der Waals surface area contributed by atoms with E-state index in [9.17, 15) is 9.59 Å². The topological polar surface area (TPSA) is 61.4 Å². The van der Waals surface area contributed by atoms with E-state index in [1.54, 1.807) is 18.2 Å². The third-order valence-electron chi connectivity index (χ3n) is 4.69. The van der Waals surface area contributed by atoms with Crippen LogP contribution in [-0.4, -0.2) is 43.4 Å². The summed E-state index contributed by atoms with van der Waals surface area (Å²) >= 11 is 6.24. The number of benzene rings is 1. The number of halogens is 1. The van der Waals surface area contributed by atoms with Gasteiger partial charge in [0.15, 0.2) is 0 Å². The van der Waals surface area contributed by atoms with Crippen LogP contribution < -0.4 is 10.6 Å². The van der Waals surface area contributed by atoms with Crippen LogP contribution in [0.3, 0.4) is 0 Å². The Bertz CT molecular complexity index is 611. The average Bonchev–Trinajstić information content (AvgIpc) is 2.61. The number of rotatable bonds is 6. The molecule has 1 fully saturated rings. The van der Waals surface area contributed by atoms with E-state index < -0.39 is 0 Å². The van der Waals surface area contributed by atoms with Crippen LogP contribution in [0.5, 0.6) is 0 Å². The largest absolute Gasteiger partial charge is 0.339 e. The van der Waals surface area contributed by atoms with Crippen LogP contribution in [0, 0.1) is 11.8 Å². The van der Waals surface area contributed by atoms with E-state index in [1.165, 1.54) is 0 Å². The van der Waals surface area contributed by atoms with Crippen LogP contribution in [0.2, 0.25) is 5.02 Å². The normalized spacial score (nSPS) is 15.5. The minimum Gasteiger partial charge on any atom is -0.339 e. The summed E-state index contributed by atoms with van der Waals surface area (Å²) in [6, 6.07) is 5.08. The van der Waals surface area contributed by atoms with E-state index in [2.05, 4.69) is 10.6 Å². The Morgan fingerprint density at radius 3 is 2.56 bits per heavy atom. The maximum Gasteiger partial charge on any atom is 0.255 e. The zero-order chi connectivity index (χ0) is 18.4. The predicted octanol–water partition coefficient (Wildman–Crippen LogP) is 3.40. The maximum absolute atomic E-state index is 12.8. The van der Waals surface area contributed by atoms with Crippen LogP contribution in [0.1, 0.15) is 43.5 Å². The van der Waals surface area contributed by atoms with Crippen molar-refractivity contribution >= 4 is 29.1 Å². The summed E-state index contributed by atoms with van der Waals surface area (Å²) in [6.45, 7) is 6.19. The maximum atomic E-state index is 12.8. The molecule has 2 N–H and O–H groups in total. The van der Waals surface area contributed by atoms with Gasteiger partial charge in [-0.25, -0.2) is 0 Å². The van der Waals surface area contributed by atoms with Gasteiger partial charge in [-0.15, -0.1) is 0 Å². The number of anilines is 1. The molecule has 0 aromatic heterocycles. The van der Waals surface area contributed by atoms with E-state index in [0.717, 1.165) is 38.9 Å². The molecule has 0 spiro atoms. The molecule has 1 aromatic carbocycles. The fourth-order valence-corrected chi connectivity index (χ4v) is 3.20. The molecule has 0 bridgehead atoms. The van der Waals surface area contributed by atoms with E-state index in [-0.39, 0.29) is 17.7 Å². The third kappa shape index (κ3) is 5.44.